The normalized spacial score (nSPS) is 25.9. The van der Waals surface area contributed by atoms with Gasteiger partial charge in [-0.05, 0) is 42.9 Å². The maximum atomic E-state index is 12.3. The highest BCUT2D eigenvalue weighted by atomic mass is 35.5. The van der Waals surface area contributed by atoms with Gasteiger partial charge < -0.3 is 10.6 Å². The first-order valence-corrected chi connectivity index (χ1v) is 7.47. The van der Waals surface area contributed by atoms with Gasteiger partial charge in [-0.3, -0.25) is 9.59 Å². The predicted octanol–water partition coefficient (Wildman–Crippen LogP) is 3.45. The molecule has 110 valence electrons. The van der Waals surface area contributed by atoms with Crippen molar-refractivity contribution in [2.24, 2.45) is 17.8 Å². The fraction of sp³-hybridized carbons (Fsp3) is 0.375. The van der Waals surface area contributed by atoms with Gasteiger partial charge in [-0.15, -0.1) is 0 Å². The molecule has 0 heterocycles. The molecular weight excluding hydrogens is 288 g/mol. The van der Waals surface area contributed by atoms with Crippen molar-refractivity contribution in [3.05, 3.63) is 35.4 Å². The van der Waals surface area contributed by atoms with Crippen LogP contribution in [-0.2, 0) is 9.59 Å². The van der Waals surface area contributed by atoms with Crippen LogP contribution in [0.5, 0.6) is 0 Å². The van der Waals surface area contributed by atoms with Crippen LogP contribution in [0.3, 0.4) is 0 Å². The fourth-order valence-corrected chi connectivity index (χ4v) is 3.43. The highest BCUT2D eigenvalue weighted by molar-refractivity contribution is 6.34. The molecule has 3 rings (SSSR count). The molecule has 2 N–H and O–H groups in total. The number of hydrogen-bond acceptors (Lipinski definition) is 2. The standard InChI is InChI=1S/C16H17ClN2O2/c1-9(20)18-15-5-4-12(8-14(15)17)19-16(21)13-7-10-2-3-11(13)6-10/h2-5,8,10-11,13H,6-7H2,1H3,(H,18,20)(H,19,21)/t10-,11-,13-/m0/s1. The molecular formula is C16H17ClN2O2. The maximum Gasteiger partial charge on any atom is 0.228 e. The van der Waals surface area contributed by atoms with Gasteiger partial charge in [0.1, 0.15) is 0 Å². The Bertz CT molecular complexity index is 627. The number of hydrogen-bond donors (Lipinski definition) is 2. The lowest BCUT2D eigenvalue weighted by Crippen LogP contribution is -2.25. The summed E-state index contributed by atoms with van der Waals surface area (Å²) >= 11 is 6.10. The van der Waals surface area contributed by atoms with Crippen molar-refractivity contribution in [3.63, 3.8) is 0 Å². The minimum Gasteiger partial charge on any atom is -0.326 e. The van der Waals surface area contributed by atoms with Gasteiger partial charge in [-0.25, -0.2) is 0 Å². The molecule has 0 unspecified atom stereocenters. The fourth-order valence-electron chi connectivity index (χ4n) is 3.20. The lowest BCUT2D eigenvalue weighted by atomic mass is 9.93. The number of carbonyl (C=O) groups excluding carboxylic acids is 2. The van der Waals surface area contributed by atoms with Gasteiger partial charge in [0.15, 0.2) is 0 Å². The van der Waals surface area contributed by atoms with E-state index in [1.807, 2.05) is 0 Å². The van der Waals surface area contributed by atoms with Crippen molar-refractivity contribution in [1.29, 1.82) is 0 Å². The predicted molar refractivity (Wildman–Crippen MR) is 83.2 cm³/mol. The maximum absolute atomic E-state index is 12.3. The second kappa shape index (κ2) is 5.53. The Kier molecular flexibility index (Phi) is 3.72. The number of benzene rings is 1. The van der Waals surface area contributed by atoms with Gasteiger partial charge in [-0.1, -0.05) is 23.8 Å². The summed E-state index contributed by atoms with van der Waals surface area (Å²) in [5.41, 5.74) is 1.20. The minimum absolute atomic E-state index is 0.0511. The van der Waals surface area contributed by atoms with E-state index in [-0.39, 0.29) is 17.7 Å². The van der Waals surface area contributed by atoms with Crippen molar-refractivity contribution in [2.75, 3.05) is 10.6 Å². The van der Waals surface area contributed by atoms with Crippen LogP contribution >= 0.6 is 11.6 Å². The molecule has 2 aliphatic carbocycles. The summed E-state index contributed by atoms with van der Waals surface area (Å²) in [6.07, 6.45) is 6.41. The van der Waals surface area contributed by atoms with Crippen molar-refractivity contribution in [1.82, 2.24) is 0 Å². The molecule has 3 atom stereocenters. The summed E-state index contributed by atoms with van der Waals surface area (Å²) in [7, 11) is 0. The van der Waals surface area contributed by atoms with Gasteiger partial charge in [0.25, 0.3) is 0 Å². The van der Waals surface area contributed by atoms with Crippen LogP contribution in [0.1, 0.15) is 19.8 Å². The molecule has 2 bridgehead atoms. The quantitative estimate of drug-likeness (QED) is 0.840. The van der Waals surface area contributed by atoms with E-state index in [9.17, 15) is 9.59 Å². The van der Waals surface area contributed by atoms with Gasteiger partial charge in [0.05, 0.1) is 10.7 Å². The van der Waals surface area contributed by atoms with Crippen molar-refractivity contribution in [3.8, 4) is 0 Å². The molecule has 1 aromatic rings. The van der Waals surface area contributed by atoms with E-state index in [0.29, 0.717) is 28.2 Å². The average Bonchev–Trinajstić information content (AvgIpc) is 3.04. The molecule has 5 heteroatoms. The Balaban J connectivity index is 1.68. The van der Waals surface area contributed by atoms with E-state index in [2.05, 4.69) is 22.8 Å². The third-order valence-electron chi connectivity index (χ3n) is 4.16. The van der Waals surface area contributed by atoms with Gasteiger partial charge in [-0.2, -0.15) is 0 Å². The first-order valence-electron chi connectivity index (χ1n) is 7.09. The molecule has 1 fully saturated rings. The van der Waals surface area contributed by atoms with Crippen LogP contribution in [0.15, 0.2) is 30.4 Å². The Morgan fingerprint density at radius 2 is 2.00 bits per heavy atom. The average molecular weight is 305 g/mol. The molecule has 0 saturated heterocycles. The van der Waals surface area contributed by atoms with E-state index in [4.69, 9.17) is 11.6 Å². The summed E-state index contributed by atoms with van der Waals surface area (Å²) in [5.74, 6) is 0.882. The monoisotopic (exact) mass is 304 g/mol. The van der Waals surface area contributed by atoms with Crippen LogP contribution in [0.4, 0.5) is 11.4 Å². The van der Waals surface area contributed by atoms with E-state index >= 15 is 0 Å². The minimum atomic E-state index is -0.178. The Labute approximate surface area is 128 Å². The van der Waals surface area contributed by atoms with E-state index < -0.39 is 0 Å². The number of amides is 2. The summed E-state index contributed by atoms with van der Waals surface area (Å²) in [5, 5.41) is 5.97. The highest BCUT2D eigenvalue weighted by Gasteiger charge is 2.39. The zero-order chi connectivity index (χ0) is 15.0. The summed E-state index contributed by atoms with van der Waals surface area (Å²) < 4.78 is 0. The van der Waals surface area contributed by atoms with Crippen LogP contribution in [0, 0.1) is 17.8 Å². The first kappa shape index (κ1) is 14.1. The summed E-state index contributed by atoms with van der Waals surface area (Å²) in [4.78, 5) is 23.4. The third kappa shape index (κ3) is 2.95. The largest absolute Gasteiger partial charge is 0.326 e. The number of allylic oxidation sites excluding steroid dienone is 2. The van der Waals surface area contributed by atoms with E-state index in [1.54, 1.807) is 18.2 Å². The molecule has 4 nitrogen and oxygen atoms in total. The molecule has 2 amide bonds. The molecule has 21 heavy (non-hydrogen) atoms. The molecule has 0 aromatic heterocycles. The smallest absolute Gasteiger partial charge is 0.228 e. The Morgan fingerprint density at radius 1 is 1.19 bits per heavy atom. The van der Waals surface area contributed by atoms with Crippen LogP contribution in [0.25, 0.3) is 0 Å². The van der Waals surface area contributed by atoms with Gasteiger partial charge in [0.2, 0.25) is 11.8 Å². The molecule has 2 aliphatic rings. The van der Waals surface area contributed by atoms with Crippen molar-refractivity contribution >= 4 is 34.8 Å². The Hall–Kier alpha value is -1.81. The summed E-state index contributed by atoms with van der Waals surface area (Å²) in [6, 6.07) is 5.10. The van der Waals surface area contributed by atoms with Gasteiger partial charge >= 0.3 is 0 Å². The zero-order valence-corrected chi connectivity index (χ0v) is 12.5. The van der Waals surface area contributed by atoms with Crippen molar-refractivity contribution < 1.29 is 9.59 Å². The molecule has 0 spiro atoms. The van der Waals surface area contributed by atoms with Crippen LogP contribution < -0.4 is 10.6 Å². The number of carbonyl (C=O) groups is 2. The van der Waals surface area contributed by atoms with E-state index in [1.165, 1.54) is 6.92 Å². The molecule has 0 radical (unpaired) electrons. The zero-order valence-electron chi connectivity index (χ0n) is 11.7. The second-order valence-electron chi connectivity index (χ2n) is 5.75. The number of anilines is 2. The first-order chi connectivity index (χ1) is 10.0. The van der Waals surface area contributed by atoms with Crippen LogP contribution in [0.2, 0.25) is 5.02 Å². The van der Waals surface area contributed by atoms with E-state index in [0.717, 1.165) is 12.8 Å². The number of fused-ring (bicyclic) bond motifs is 2. The van der Waals surface area contributed by atoms with Crippen molar-refractivity contribution in [2.45, 2.75) is 19.8 Å². The van der Waals surface area contributed by atoms with Gasteiger partial charge in [0, 0.05) is 18.5 Å². The SMILES string of the molecule is CC(=O)Nc1ccc(NC(=O)[C@H]2C[C@H]3C=C[C@H]2C3)cc1Cl. The lowest BCUT2D eigenvalue weighted by Gasteiger charge is -2.18. The molecule has 1 aromatic carbocycles. The topological polar surface area (TPSA) is 58.2 Å². The summed E-state index contributed by atoms with van der Waals surface area (Å²) in [6.45, 7) is 1.43. The Morgan fingerprint density at radius 3 is 2.57 bits per heavy atom. The molecule has 1 saturated carbocycles. The van der Waals surface area contributed by atoms with Crippen LogP contribution in [-0.4, -0.2) is 11.8 Å². The number of rotatable bonds is 3. The number of halogens is 1. The second-order valence-corrected chi connectivity index (χ2v) is 6.16. The third-order valence-corrected chi connectivity index (χ3v) is 4.48. The number of nitrogens with one attached hydrogen (secondary N) is 2. The highest BCUT2D eigenvalue weighted by Crippen LogP contribution is 2.43. The lowest BCUT2D eigenvalue weighted by molar-refractivity contribution is -0.120. The molecule has 0 aliphatic heterocycles.